The van der Waals surface area contributed by atoms with Crippen molar-refractivity contribution in [3.8, 4) is 0 Å². The minimum absolute atomic E-state index is 0.0449. The van der Waals surface area contributed by atoms with Gasteiger partial charge in [-0.05, 0) is 38.7 Å². The van der Waals surface area contributed by atoms with Gasteiger partial charge in [-0.2, -0.15) is 5.10 Å². The summed E-state index contributed by atoms with van der Waals surface area (Å²) in [5.74, 6) is 0.379. The van der Waals surface area contributed by atoms with E-state index in [0.717, 1.165) is 18.5 Å². The van der Waals surface area contributed by atoms with Crippen LogP contribution in [0.4, 0.5) is 0 Å². The van der Waals surface area contributed by atoms with Crippen LogP contribution in [-0.4, -0.2) is 28.3 Å². The van der Waals surface area contributed by atoms with Crippen molar-refractivity contribution < 1.29 is 4.79 Å². The first-order valence-corrected chi connectivity index (χ1v) is 6.70. The lowest BCUT2D eigenvalue weighted by Crippen LogP contribution is -2.36. The smallest absolute Gasteiger partial charge is 0.269 e. The second-order valence-electron chi connectivity index (χ2n) is 5.05. The summed E-state index contributed by atoms with van der Waals surface area (Å²) in [6.45, 7) is 5.26. The topological polar surface area (TPSA) is 72.9 Å². The van der Waals surface area contributed by atoms with Crippen LogP contribution in [0.5, 0.6) is 0 Å². The molecule has 1 heterocycles. The molecule has 1 amide bonds. The molecule has 1 aromatic heterocycles. The molecule has 0 bridgehead atoms. The third-order valence-corrected chi connectivity index (χ3v) is 3.68. The highest BCUT2D eigenvalue weighted by atomic mass is 16.2. The Kier molecular flexibility index (Phi) is 4.01. The molecule has 5 nitrogen and oxygen atoms in total. The van der Waals surface area contributed by atoms with E-state index >= 15 is 0 Å². The summed E-state index contributed by atoms with van der Waals surface area (Å²) < 4.78 is 1.74. The second-order valence-corrected chi connectivity index (χ2v) is 5.05. The Bertz CT molecular complexity index is 427. The molecule has 0 aliphatic heterocycles. The minimum Gasteiger partial charge on any atom is -0.350 e. The summed E-state index contributed by atoms with van der Waals surface area (Å²) in [5, 5.41) is 7.26. The molecule has 5 heteroatoms. The highest BCUT2D eigenvalue weighted by molar-refractivity contribution is 5.92. The number of nitrogens with zero attached hydrogens (tertiary/aromatic N) is 2. The van der Waals surface area contributed by atoms with Gasteiger partial charge in [0.1, 0.15) is 5.69 Å². The third kappa shape index (κ3) is 2.72. The van der Waals surface area contributed by atoms with E-state index in [4.69, 9.17) is 5.73 Å². The first-order chi connectivity index (χ1) is 8.61. The van der Waals surface area contributed by atoms with E-state index < -0.39 is 0 Å². The molecule has 18 heavy (non-hydrogen) atoms. The first-order valence-electron chi connectivity index (χ1n) is 6.70. The fourth-order valence-electron chi connectivity index (χ4n) is 2.60. The van der Waals surface area contributed by atoms with Gasteiger partial charge in [0.15, 0.2) is 0 Å². The van der Waals surface area contributed by atoms with Gasteiger partial charge in [-0.3, -0.25) is 9.48 Å². The zero-order valence-electron chi connectivity index (χ0n) is 11.1. The lowest BCUT2D eigenvalue weighted by atomic mass is 10.0. The van der Waals surface area contributed by atoms with Crippen molar-refractivity contribution in [3.05, 3.63) is 17.5 Å². The Morgan fingerprint density at radius 1 is 1.61 bits per heavy atom. The van der Waals surface area contributed by atoms with E-state index in [1.165, 1.54) is 6.42 Å². The lowest BCUT2D eigenvalue weighted by Gasteiger charge is -2.16. The number of carbonyl (C=O) groups is 1. The van der Waals surface area contributed by atoms with Crippen LogP contribution < -0.4 is 11.1 Å². The summed E-state index contributed by atoms with van der Waals surface area (Å²) in [6, 6.07) is 2.07. The van der Waals surface area contributed by atoms with Crippen LogP contribution in [0.3, 0.4) is 0 Å². The molecular weight excluding hydrogens is 228 g/mol. The highest BCUT2D eigenvalue weighted by Crippen LogP contribution is 2.23. The molecule has 0 saturated heterocycles. The van der Waals surface area contributed by atoms with Crippen LogP contribution in [-0.2, 0) is 6.54 Å². The maximum absolute atomic E-state index is 12.1. The number of nitrogens with one attached hydrogen (secondary N) is 1. The maximum Gasteiger partial charge on any atom is 0.269 e. The molecule has 1 fully saturated rings. The highest BCUT2D eigenvalue weighted by Gasteiger charge is 2.24. The van der Waals surface area contributed by atoms with Crippen LogP contribution in [0, 0.1) is 12.8 Å². The predicted octanol–water partition coefficient (Wildman–Crippen LogP) is 1.07. The number of rotatable bonds is 4. The Labute approximate surface area is 108 Å². The van der Waals surface area contributed by atoms with Gasteiger partial charge in [0.05, 0.1) is 5.69 Å². The van der Waals surface area contributed by atoms with Crippen LogP contribution >= 0.6 is 0 Å². The summed E-state index contributed by atoms with van der Waals surface area (Å²) in [4.78, 5) is 12.1. The molecular formula is C13H22N4O. The number of nitrogens with two attached hydrogens (primary N) is 1. The number of aromatic nitrogens is 2. The predicted molar refractivity (Wildman–Crippen MR) is 70.3 cm³/mol. The monoisotopic (exact) mass is 250 g/mol. The van der Waals surface area contributed by atoms with Gasteiger partial charge >= 0.3 is 0 Å². The van der Waals surface area contributed by atoms with Gasteiger partial charge in [0.2, 0.25) is 0 Å². The Hall–Kier alpha value is -1.36. The first kappa shape index (κ1) is 13.1. The number of hydrogen-bond acceptors (Lipinski definition) is 3. The van der Waals surface area contributed by atoms with Crippen LogP contribution in [0.25, 0.3) is 0 Å². The Balaban J connectivity index is 1.94. The number of amides is 1. The van der Waals surface area contributed by atoms with Crippen molar-refractivity contribution >= 4 is 5.91 Å². The molecule has 2 atom stereocenters. The van der Waals surface area contributed by atoms with Gasteiger partial charge in [-0.1, -0.05) is 6.42 Å². The van der Waals surface area contributed by atoms with E-state index in [9.17, 15) is 4.79 Å². The van der Waals surface area contributed by atoms with Crippen molar-refractivity contribution in [3.63, 3.8) is 0 Å². The van der Waals surface area contributed by atoms with Gasteiger partial charge in [-0.15, -0.1) is 0 Å². The number of hydrogen-bond donors (Lipinski definition) is 2. The molecule has 0 radical (unpaired) electrons. The van der Waals surface area contributed by atoms with Crippen LogP contribution in [0.15, 0.2) is 6.07 Å². The number of aryl methyl sites for hydroxylation is 2. The molecule has 100 valence electrons. The molecule has 2 rings (SSSR count). The largest absolute Gasteiger partial charge is 0.350 e. The van der Waals surface area contributed by atoms with E-state index in [1.807, 2.05) is 19.9 Å². The maximum atomic E-state index is 12.1. The summed E-state index contributed by atoms with van der Waals surface area (Å²) in [5.41, 5.74) is 7.51. The minimum atomic E-state index is -0.0449. The molecule has 1 aliphatic carbocycles. The number of carbonyl (C=O) groups excluding carboxylic acids is 1. The zero-order valence-corrected chi connectivity index (χ0v) is 11.1. The zero-order chi connectivity index (χ0) is 13.1. The molecule has 3 N–H and O–H groups in total. The van der Waals surface area contributed by atoms with E-state index in [1.54, 1.807) is 4.68 Å². The molecule has 0 spiro atoms. The quantitative estimate of drug-likeness (QED) is 0.839. The fraction of sp³-hybridized carbons (Fsp3) is 0.692. The standard InChI is InChI=1S/C13H22N4O/c1-3-17-12(7-9(2)16-17)13(18)15-8-10-5-4-6-11(10)14/h7,10-11H,3-6,8,14H2,1-2H3,(H,15,18). The van der Waals surface area contributed by atoms with Crippen molar-refractivity contribution in [2.45, 2.75) is 45.7 Å². The Morgan fingerprint density at radius 3 is 3.00 bits per heavy atom. The van der Waals surface area contributed by atoms with Crippen molar-refractivity contribution in [1.82, 2.24) is 15.1 Å². The van der Waals surface area contributed by atoms with Crippen molar-refractivity contribution in [1.29, 1.82) is 0 Å². The van der Waals surface area contributed by atoms with Crippen molar-refractivity contribution in [2.75, 3.05) is 6.54 Å². The fourth-order valence-corrected chi connectivity index (χ4v) is 2.60. The van der Waals surface area contributed by atoms with Crippen LogP contribution in [0.2, 0.25) is 0 Å². The second kappa shape index (κ2) is 5.52. The normalized spacial score (nSPS) is 23.3. The lowest BCUT2D eigenvalue weighted by molar-refractivity contribution is 0.0936. The average Bonchev–Trinajstić information content (AvgIpc) is 2.92. The van der Waals surface area contributed by atoms with E-state index in [2.05, 4.69) is 10.4 Å². The molecule has 1 saturated carbocycles. The van der Waals surface area contributed by atoms with Gasteiger partial charge in [-0.25, -0.2) is 0 Å². The van der Waals surface area contributed by atoms with Gasteiger partial charge < -0.3 is 11.1 Å². The molecule has 1 aliphatic rings. The van der Waals surface area contributed by atoms with Gasteiger partial charge in [0, 0.05) is 19.1 Å². The van der Waals surface area contributed by atoms with Crippen LogP contribution in [0.1, 0.15) is 42.4 Å². The summed E-state index contributed by atoms with van der Waals surface area (Å²) in [6.07, 6.45) is 3.37. The summed E-state index contributed by atoms with van der Waals surface area (Å²) in [7, 11) is 0. The summed E-state index contributed by atoms with van der Waals surface area (Å²) >= 11 is 0. The molecule has 2 unspecified atom stereocenters. The third-order valence-electron chi connectivity index (χ3n) is 3.68. The SMILES string of the molecule is CCn1nc(C)cc1C(=O)NCC1CCCC1N. The molecule has 0 aromatic carbocycles. The van der Waals surface area contributed by atoms with Crippen molar-refractivity contribution in [2.24, 2.45) is 11.7 Å². The molecule has 1 aromatic rings. The van der Waals surface area contributed by atoms with Gasteiger partial charge in [0.25, 0.3) is 5.91 Å². The Morgan fingerprint density at radius 2 is 2.39 bits per heavy atom. The average molecular weight is 250 g/mol. The van der Waals surface area contributed by atoms with E-state index in [-0.39, 0.29) is 11.9 Å². The van der Waals surface area contributed by atoms with E-state index in [0.29, 0.717) is 24.7 Å².